The number of ketones is 1. The Morgan fingerprint density at radius 1 is 1.27 bits per heavy atom. The fourth-order valence-corrected chi connectivity index (χ4v) is 2.04. The second-order valence-corrected chi connectivity index (χ2v) is 5.94. The number of amides is 1. The van der Waals surface area contributed by atoms with Crippen LogP contribution >= 0.6 is 0 Å². The van der Waals surface area contributed by atoms with Crippen molar-refractivity contribution in [2.24, 2.45) is 5.92 Å². The predicted molar refractivity (Wildman–Crippen MR) is 81.0 cm³/mol. The van der Waals surface area contributed by atoms with Gasteiger partial charge in [0, 0.05) is 13.0 Å². The maximum atomic E-state index is 14.1. The van der Waals surface area contributed by atoms with Gasteiger partial charge in [-0.3, -0.25) is 9.59 Å². The molecule has 2 rings (SSSR count). The number of hydrogen-bond acceptors (Lipinski definition) is 5. The van der Waals surface area contributed by atoms with Gasteiger partial charge in [-0.05, 0) is 23.6 Å². The van der Waals surface area contributed by atoms with E-state index in [-0.39, 0.29) is 24.4 Å². The minimum Gasteiger partial charge on any atom is -0.345 e. The van der Waals surface area contributed by atoms with Gasteiger partial charge in [-0.1, -0.05) is 25.1 Å². The van der Waals surface area contributed by atoms with Crippen molar-refractivity contribution in [3.8, 4) is 11.4 Å². The van der Waals surface area contributed by atoms with Gasteiger partial charge in [-0.25, -0.2) is 4.39 Å². The first kappa shape index (κ1) is 19.5. The van der Waals surface area contributed by atoms with Crippen LogP contribution in [0.1, 0.15) is 31.7 Å². The number of aromatic nitrogens is 2. The lowest BCUT2D eigenvalue weighted by atomic mass is 10.1. The summed E-state index contributed by atoms with van der Waals surface area (Å²) in [4.78, 5) is 26.3. The Balaban J connectivity index is 2.07. The number of Topliss-reactive ketones (excluding diaryl/α,β-unsaturated/α-hetero) is 1. The van der Waals surface area contributed by atoms with E-state index < -0.39 is 35.4 Å². The van der Waals surface area contributed by atoms with Crippen LogP contribution in [0.25, 0.3) is 11.4 Å². The molecule has 1 aromatic heterocycles. The molecule has 2 aromatic rings. The van der Waals surface area contributed by atoms with Crippen molar-refractivity contribution in [2.45, 2.75) is 33.0 Å². The molecule has 6 nitrogen and oxygen atoms in total. The van der Waals surface area contributed by atoms with Crippen molar-refractivity contribution < 1.29 is 31.7 Å². The lowest BCUT2D eigenvalue weighted by Gasteiger charge is -2.07. The van der Waals surface area contributed by atoms with E-state index in [2.05, 4.69) is 20.0 Å². The maximum Gasteiger partial charge on any atom is 0.471 e. The van der Waals surface area contributed by atoms with Crippen LogP contribution < -0.4 is 5.32 Å². The number of halogens is 4. The van der Waals surface area contributed by atoms with E-state index in [1.165, 1.54) is 6.07 Å². The zero-order valence-corrected chi connectivity index (χ0v) is 13.9. The van der Waals surface area contributed by atoms with Gasteiger partial charge in [0.25, 0.3) is 5.91 Å². The van der Waals surface area contributed by atoms with Gasteiger partial charge in [0.2, 0.25) is 11.6 Å². The Morgan fingerprint density at radius 3 is 2.50 bits per heavy atom. The third-order valence-corrected chi connectivity index (χ3v) is 3.24. The van der Waals surface area contributed by atoms with E-state index in [0.29, 0.717) is 5.56 Å². The maximum absolute atomic E-state index is 14.1. The summed E-state index contributed by atoms with van der Waals surface area (Å²) < 4.78 is 55.5. The molecule has 26 heavy (non-hydrogen) atoms. The molecule has 1 aromatic carbocycles. The number of benzene rings is 1. The van der Waals surface area contributed by atoms with Gasteiger partial charge in [0.15, 0.2) is 0 Å². The molecule has 1 heterocycles. The van der Waals surface area contributed by atoms with Crippen LogP contribution in [0.2, 0.25) is 0 Å². The van der Waals surface area contributed by atoms with Crippen molar-refractivity contribution in [3.05, 3.63) is 35.5 Å². The zero-order valence-electron chi connectivity index (χ0n) is 13.9. The molecule has 140 valence electrons. The highest BCUT2D eigenvalue weighted by molar-refractivity contribution is 6.36. The molecule has 0 atom stereocenters. The second-order valence-electron chi connectivity index (χ2n) is 5.94. The first-order valence-corrected chi connectivity index (χ1v) is 7.58. The Morgan fingerprint density at radius 2 is 1.96 bits per heavy atom. The SMILES string of the molecule is CC(C)CC(=O)C(=O)NCc1ccc(-c2noc(C(F)(F)F)n2)c(F)c1. The molecule has 0 bridgehead atoms. The molecule has 1 amide bonds. The van der Waals surface area contributed by atoms with E-state index in [9.17, 15) is 27.2 Å². The fourth-order valence-electron chi connectivity index (χ4n) is 2.04. The molecule has 0 unspecified atom stereocenters. The summed E-state index contributed by atoms with van der Waals surface area (Å²) in [5.74, 6) is -4.34. The summed E-state index contributed by atoms with van der Waals surface area (Å²) in [6.45, 7) is 3.47. The average Bonchev–Trinajstić information content (AvgIpc) is 3.01. The third-order valence-electron chi connectivity index (χ3n) is 3.24. The van der Waals surface area contributed by atoms with Gasteiger partial charge < -0.3 is 9.84 Å². The largest absolute Gasteiger partial charge is 0.471 e. The molecule has 0 aliphatic rings. The molecule has 0 aliphatic carbocycles. The molecule has 0 saturated heterocycles. The number of alkyl halides is 3. The molecular weight excluding hydrogens is 358 g/mol. The van der Waals surface area contributed by atoms with Crippen LogP contribution in [0.3, 0.4) is 0 Å². The van der Waals surface area contributed by atoms with Gasteiger partial charge in [0.05, 0.1) is 5.56 Å². The molecule has 0 fully saturated rings. The van der Waals surface area contributed by atoms with Gasteiger partial charge in [-0.15, -0.1) is 0 Å². The second kappa shape index (κ2) is 7.63. The first-order valence-electron chi connectivity index (χ1n) is 7.58. The number of carbonyl (C=O) groups excluding carboxylic acids is 2. The summed E-state index contributed by atoms with van der Waals surface area (Å²) in [6.07, 6.45) is -4.73. The topological polar surface area (TPSA) is 85.1 Å². The lowest BCUT2D eigenvalue weighted by Crippen LogP contribution is -2.31. The highest BCUT2D eigenvalue weighted by Crippen LogP contribution is 2.30. The highest BCUT2D eigenvalue weighted by atomic mass is 19.4. The number of nitrogens with one attached hydrogen (secondary N) is 1. The van der Waals surface area contributed by atoms with Crippen LogP contribution in [-0.4, -0.2) is 21.8 Å². The Bertz CT molecular complexity index is 815. The molecule has 0 aliphatic heterocycles. The summed E-state index contributed by atoms with van der Waals surface area (Å²) >= 11 is 0. The molecule has 0 spiro atoms. The van der Waals surface area contributed by atoms with E-state index >= 15 is 0 Å². The number of rotatable bonds is 6. The Labute approximate surface area is 145 Å². The first-order chi connectivity index (χ1) is 12.1. The van der Waals surface area contributed by atoms with Crippen LogP contribution in [0.4, 0.5) is 17.6 Å². The van der Waals surface area contributed by atoms with Crippen LogP contribution in [-0.2, 0) is 22.3 Å². The lowest BCUT2D eigenvalue weighted by molar-refractivity contribution is -0.159. The standard InChI is InChI=1S/C16H15F4N3O3/c1-8(2)5-12(24)14(25)21-7-9-3-4-10(11(17)6-9)13-22-15(26-23-13)16(18,19)20/h3-4,6,8H,5,7H2,1-2H3,(H,21,25). The Hall–Kier alpha value is -2.78. The zero-order chi connectivity index (χ0) is 19.5. The molecule has 1 N–H and O–H groups in total. The predicted octanol–water partition coefficient (Wildman–Crippen LogP) is 3.13. The van der Waals surface area contributed by atoms with Crippen molar-refractivity contribution in [1.29, 1.82) is 0 Å². The molecule has 10 heteroatoms. The number of nitrogens with zero attached hydrogens (tertiary/aromatic N) is 2. The highest BCUT2D eigenvalue weighted by Gasteiger charge is 2.38. The number of hydrogen-bond donors (Lipinski definition) is 1. The summed E-state index contributed by atoms with van der Waals surface area (Å²) in [6, 6.07) is 3.54. The van der Waals surface area contributed by atoms with Crippen molar-refractivity contribution in [1.82, 2.24) is 15.5 Å². The summed E-state index contributed by atoms with van der Waals surface area (Å²) in [5.41, 5.74) is 0.0340. The summed E-state index contributed by atoms with van der Waals surface area (Å²) in [5, 5.41) is 5.47. The molecule has 0 saturated carbocycles. The van der Waals surface area contributed by atoms with E-state index in [1.54, 1.807) is 13.8 Å². The van der Waals surface area contributed by atoms with Gasteiger partial charge in [0.1, 0.15) is 5.82 Å². The minimum absolute atomic E-state index is 0.0292. The monoisotopic (exact) mass is 373 g/mol. The third kappa shape index (κ3) is 4.87. The van der Waals surface area contributed by atoms with Crippen molar-refractivity contribution in [2.75, 3.05) is 0 Å². The smallest absolute Gasteiger partial charge is 0.345 e. The average molecular weight is 373 g/mol. The quantitative estimate of drug-likeness (QED) is 0.621. The van der Waals surface area contributed by atoms with Crippen LogP contribution in [0.5, 0.6) is 0 Å². The van der Waals surface area contributed by atoms with E-state index in [4.69, 9.17) is 0 Å². The summed E-state index contributed by atoms with van der Waals surface area (Å²) in [7, 11) is 0. The van der Waals surface area contributed by atoms with Crippen LogP contribution in [0.15, 0.2) is 22.7 Å². The minimum atomic E-state index is -4.82. The molecule has 0 radical (unpaired) electrons. The van der Waals surface area contributed by atoms with Crippen LogP contribution in [0, 0.1) is 11.7 Å². The van der Waals surface area contributed by atoms with E-state index in [1.807, 2.05) is 0 Å². The fraction of sp³-hybridized carbons (Fsp3) is 0.375. The normalized spacial score (nSPS) is 11.7. The van der Waals surface area contributed by atoms with Crippen molar-refractivity contribution >= 4 is 11.7 Å². The van der Waals surface area contributed by atoms with Gasteiger partial charge >= 0.3 is 12.1 Å². The van der Waals surface area contributed by atoms with E-state index in [0.717, 1.165) is 12.1 Å². The van der Waals surface area contributed by atoms with Gasteiger partial charge in [-0.2, -0.15) is 18.2 Å². The number of carbonyl (C=O) groups is 2. The molecular formula is C16H15F4N3O3. The Kier molecular flexibility index (Phi) is 5.73. The van der Waals surface area contributed by atoms with Crippen molar-refractivity contribution in [3.63, 3.8) is 0 Å².